The van der Waals surface area contributed by atoms with Crippen molar-refractivity contribution in [1.29, 1.82) is 0 Å². The molecule has 0 unspecified atom stereocenters. The van der Waals surface area contributed by atoms with E-state index in [1.807, 2.05) is 0 Å². The molecule has 2 amide bonds. The van der Waals surface area contributed by atoms with E-state index < -0.39 is 11.7 Å². The van der Waals surface area contributed by atoms with Crippen LogP contribution in [-0.2, 0) is 4.74 Å². The molecule has 2 rings (SSSR count). The van der Waals surface area contributed by atoms with Crippen molar-refractivity contribution in [3.05, 3.63) is 34.6 Å². The van der Waals surface area contributed by atoms with Crippen LogP contribution in [0.25, 0.3) is 0 Å². The van der Waals surface area contributed by atoms with E-state index in [4.69, 9.17) is 11.6 Å². The lowest BCUT2D eigenvalue weighted by Crippen LogP contribution is -2.46. The van der Waals surface area contributed by atoms with E-state index in [1.165, 1.54) is 19.2 Å². The van der Waals surface area contributed by atoms with Crippen LogP contribution in [0.15, 0.2) is 18.2 Å². The van der Waals surface area contributed by atoms with Gasteiger partial charge < -0.3 is 15.0 Å². The summed E-state index contributed by atoms with van der Waals surface area (Å²) in [6.07, 6.45) is 0.826. The number of nitrogens with zero attached hydrogens (tertiary/aromatic N) is 1. The van der Waals surface area contributed by atoms with Gasteiger partial charge in [-0.05, 0) is 31.0 Å². The third-order valence-electron chi connectivity index (χ3n) is 3.44. The molecule has 1 heterocycles. The van der Waals surface area contributed by atoms with E-state index in [1.54, 1.807) is 4.90 Å². The summed E-state index contributed by atoms with van der Waals surface area (Å²) >= 11 is 5.77. The first-order valence-electron chi connectivity index (χ1n) is 6.60. The zero-order valence-electron chi connectivity index (χ0n) is 11.6. The van der Waals surface area contributed by atoms with Crippen molar-refractivity contribution in [3.8, 4) is 0 Å². The molecule has 0 aromatic heterocycles. The maximum Gasteiger partial charge on any atom is 0.409 e. The summed E-state index contributed by atoms with van der Waals surface area (Å²) in [5.74, 6) is -1.10. The van der Waals surface area contributed by atoms with Gasteiger partial charge >= 0.3 is 6.09 Å². The molecule has 1 aliphatic heterocycles. The van der Waals surface area contributed by atoms with Gasteiger partial charge in [-0.15, -0.1) is 0 Å². The van der Waals surface area contributed by atoms with Gasteiger partial charge in [0.2, 0.25) is 0 Å². The standard InChI is InChI=1S/C14H16ClFN2O3/c1-21-14(20)18-6-4-10(5-7-18)17-13(19)11-8-9(15)2-3-12(11)16/h2-3,8,10H,4-7H2,1H3,(H,17,19). The molecule has 1 aliphatic rings. The maximum absolute atomic E-state index is 13.6. The maximum atomic E-state index is 13.6. The molecule has 114 valence electrons. The number of carbonyl (C=O) groups is 2. The minimum atomic E-state index is -0.608. The Bertz CT molecular complexity index is 545. The first kappa shape index (κ1) is 15.6. The van der Waals surface area contributed by atoms with Crippen molar-refractivity contribution in [3.63, 3.8) is 0 Å². The van der Waals surface area contributed by atoms with Crippen LogP contribution in [0.1, 0.15) is 23.2 Å². The minimum Gasteiger partial charge on any atom is -0.453 e. The molecule has 1 aromatic carbocycles. The Kier molecular flexibility index (Phi) is 5.01. The second kappa shape index (κ2) is 6.76. The summed E-state index contributed by atoms with van der Waals surface area (Å²) in [7, 11) is 1.33. The van der Waals surface area contributed by atoms with Crippen molar-refractivity contribution < 1.29 is 18.7 Å². The molecule has 5 nitrogen and oxygen atoms in total. The Morgan fingerprint density at radius 3 is 2.67 bits per heavy atom. The molecule has 21 heavy (non-hydrogen) atoms. The predicted octanol–water partition coefficient (Wildman–Crippen LogP) is 2.44. The molecule has 1 aromatic rings. The van der Waals surface area contributed by atoms with Crippen LogP contribution in [0.2, 0.25) is 5.02 Å². The number of amides is 2. The largest absolute Gasteiger partial charge is 0.453 e. The molecule has 1 N–H and O–H groups in total. The first-order valence-corrected chi connectivity index (χ1v) is 6.98. The van der Waals surface area contributed by atoms with Crippen molar-refractivity contribution in [2.45, 2.75) is 18.9 Å². The summed E-state index contributed by atoms with van der Waals surface area (Å²) in [6.45, 7) is 0.991. The van der Waals surface area contributed by atoms with Gasteiger partial charge in [-0.2, -0.15) is 0 Å². The van der Waals surface area contributed by atoms with Gasteiger partial charge in [-0.25, -0.2) is 9.18 Å². The van der Waals surface area contributed by atoms with E-state index in [-0.39, 0.29) is 17.7 Å². The lowest BCUT2D eigenvalue weighted by molar-refractivity contribution is 0.0888. The Morgan fingerprint density at radius 1 is 1.38 bits per heavy atom. The van der Waals surface area contributed by atoms with Crippen molar-refractivity contribution in [2.24, 2.45) is 0 Å². The van der Waals surface area contributed by atoms with Crippen LogP contribution in [-0.4, -0.2) is 43.1 Å². The summed E-state index contributed by atoms with van der Waals surface area (Å²) in [6, 6.07) is 3.76. The van der Waals surface area contributed by atoms with Gasteiger partial charge in [-0.3, -0.25) is 4.79 Å². The fourth-order valence-electron chi connectivity index (χ4n) is 2.27. The van der Waals surface area contributed by atoms with Gasteiger partial charge in [0.05, 0.1) is 12.7 Å². The van der Waals surface area contributed by atoms with Crippen molar-refractivity contribution in [2.75, 3.05) is 20.2 Å². The SMILES string of the molecule is COC(=O)N1CCC(NC(=O)c2cc(Cl)ccc2F)CC1. The van der Waals surface area contributed by atoms with Crippen molar-refractivity contribution in [1.82, 2.24) is 10.2 Å². The minimum absolute atomic E-state index is 0.0714. The number of halogens is 2. The Balaban J connectivity index is 1.93. The number of ether oxygens (including phenoxy) is 1. The average Bonchev–Trinajstić information content (AvgIpc) is 2.49. The third kappa shape index (κ3) is 3.85. The Labute approximate surface area is 127 Å². The molecule has 0 saturated carbocycles. The molecule has 0 atom stereocenters. The zero-order valence-corrected chi connectivity index (χ0v) is 12.3. The predicted molar refractivity (Wildman–Crippen MR) is 75.9 cm³/mol. The van der Waals surface area contributed by atoms with Gasteiger partial charge in [0.25, 0.3) is 5.91 Å². The molecular weight excluding hydrogens is 299 g/mol. The average molecular weight is 315 g/mol. The number of methoxy groups -OCH3 is 1. The summed E-state index contributed by atoms with van der Waals surface area (Å²) < 4.78 is 18.2. The van der Waals surface area contributed by atoms with Crippen molar-refractivity contribution >= 4 is 23.6 Å². The third-order valence-corrected chi connectivity index (χ3v) is 3.67. The topological polar surface area (TPSA) is 58.6 Å². The second-order valence-electron chi connectivity index (χ2n) is 4.83. The summed E-state index contributed by atoms with van der Waals surface area (Å²) in [5.41, 5.74) is -0.0714. The number of rotatable bonds is 2. The second-order valence-corrected chi connectivity index (χ2v) is 5.27. The van der Waals surface area contributed by atoms with Crippen LogP contribution in [0, 0.1) is 5.82 Å². The molecule has 0 bridgehead atoms. The summed E-state index contributed by atoms with van der Waals surface area (Å²) in [4.78, 5) is 25.0. The molecule has 1 fully saturated rings. The molecule has 0 aliphatic carbocycles. The van der Waals surface area contributed by atoms with E-state index in [2.05, 4.69) is 10.1 Å². The van der Waals surface area contributed by atoms with Gasteiger partial charge in [0.1, 0.15) is 5.82 Å². The number of carbonyl (C=O) groups excluding carboxylic acids is 2. The molecular formula is C14H16ClFN2O3. The quantitative estimate of drug-likeness (QED) is 0.912. The fraction of sp³-hybridized carbons (Fsp3) is 0.429. The Hall–Kier alpha value is -1.82. The number of hydrogen-bond donors (Lipinski definition) is 1. The van der Waals surface area contributed by atoms with Crippen LogP contribution in [0.4, 0.5) is 9.18 Å². The number of nitrogens with one attached hydrogen (secondary N) is 1. The molecule has 0 spiro atoms. The number of benzene rings is 1. The van der Waals surface area contributed by atoms with E-state index >= 15 is 0 Å². The van der Waals surface area contributed by atoms with Gasteiger partial charge in [0, 0.05) is 24.2 Å². The number of hydrogen-bond acceptors (Lipinski definition) is 3. The number of piperidine rings is 1. The van der Waals surface area contributed by atoms with E-state index in [9.17, 15) is 14.0 Å². The molecule has 0 radical (unpaired) electrons. The van der Waals surface area contributed by atoms with E-state index in [0.717, 1.165) is 6.07 Å². The van der Waals surface area contributed by atoms with Gasteiger partial charge in [0.15, 0.2) is 0 Å². The summed E-state index contributed by atoms with van der Waals surface area (Å²) in [5, 5.41) is 3.07. The highest BCUT2D eigenvalue weighted by Gasteiger charge is 2.25. The van der Waals surface area contributed by atoms with Crippen LogP contribution in [0.3, 0.4) is 0 Å². The van der Waals surface area contributed by atoms with Crippen LogP contribution >= 0.6 is 11.6 Å². The highest BCUT2D eigenvalue weighted by Crippen LogP contribution is 2.16. The van der Waals surface area contributed by atoms with Gasteiger partial charge in [-0.1, -0.05) is 11.6 Å². The first-order chi connectivity index (χ1) is 10.0. The highest BCUT2D eigenvalue weighted by molar-refractivity contribution is 6.31. The van der Waals surface area contributed by atoms with Crippen LogP contribution in [0.5, 0.6) is 0 Å². The monoisotopic (exact) mass is 314 g/mol. The highest BCUT2D eigenvalue weighted by atomic mass is 35.5. The lowest BCUT2D eigenvalue weighted by atomic mass is 10.0. The van der Waals surface area contributed by atoms with Crippen LogP contribution < -0.4 is 5.32 Å². The molecule has 1 saturated heterocycles. The normalized spacial score (nSPS) is 15.7. The molecule has 7 heteroatoms. The zero-order chi connectivity index (χ0) is 15.4. The Morgan fingerprint density at radius 2 is 2.05 bits per heavy atom. The number of likely N-dealkylation sites (tertiary alicyclic amines) is 1. The lowest BCUT2D eigenvalue weighted by Gasteiger charge is -2.31. The van der Waals surface area contributed by atoms with E-state index in [0.29, 0.717) is 31.0 Å². The fourth-order valence-corrected chi connectivity index (χ4v) is 2.44. The smallest absolute Gasteiger partial charge is 0.409 e.